The molecule has 2 rings (SSSR count). The molecule has 0 bridgehead atoms. The summed E-state index contributed by atoms with van der Waals surface area (Å²) in [5, 5.41) is 9.78. The van der Waals surface area contributed by atoms with E-state index in [1.165, 1.54) is 6.42 Å². The summed E-state index contributed by atoms with van der Waals surface area (Å²) in [6.07, 6.45) is 3.41. The number of hydrogen-bond acceptors (Lipinski definition) is 4. The number of aromatic amines is 1. The maximum absolute atomic E-state index is 12.4. The third kappa shape index (κ3) is 2.98. The first kappa shape index (κ1) is 14.5. The number of aromatic nitrogens is 2. The molecule has 3 N–H and O–H groups in total. The summed E-state index contributed by atoms with van der Waals surface area (Å²) in [5.74, 6) is 0.461. The summed E-state index contributed by atoms with van der Waals surface area (Å²) < 4.78 is 27.5. The van der Waals surface area contributed by atoms with Gasteiger partial charge in [-0.3, -0.25) is 5.10 Å². The fourth-order valence-electron chi connectivity index (χ4n) is 2.37. The molecule has 1 aliphatic rings. The maximum atomic E-state index is 12.4. The van der Waals surface area contributed by atoms with Crippen LogP contribution in [0.15, 0.2) is 5.03 Å². The smallest absolute Gasteiger partial charge is 0.260 e. The molecule has 1 aromatic rings. The molecule has 1 unspecified atom stereocenters. The van der Waals surface area contributed by atoms with Gasteiger partial charge >= 0.3 is 0 Å². The van der Waals surface area contributed by atoms with Gasteiger partial charge in [0.05, 0.1) is 0 Å². The Bertz CT molecular complexity index is 534. The highest BCUT2D eigenvalue weighted by molar-refractivity contribution is 7.89. The number of hydrogen-bond donors (Lipinski definition) is 3. The molecule has 1 atom stereocenters. The van der Waals surface area contributed by atoms with Gasteiger partial charge in [-0.2, -0.15) is 5.10 Å². The zero-order valence-electron chi connectivity index (χ0n) is 11.7. The molecule has 0 spiro atoms. The van der Waals surface area contributed by atoms with Gasteiger partial charge in [0.1, 0.15) is 0 Å². The van der Waals surface area contributed by atoms with Crippen molar-refractivity contribution in [1.82, 2.24) is 20.2 Å². The predicted molar refractivity (Wildman–Crippen MR) is 73.2 cm³/mol. The molecule has 0 aromatic carbocycles. The molecule has 0 saturated heterocycles. The SMILES string of the molecule is CNCc1c(S(=O)(=O)NC(C)C2CCC2)n[nH]c1C. The Morgan fingerprint density at radius 3 is 2.68 bits per heavy atom. The predicted octanol–water partition coefficient (Wildman–Crippen LogP) is 0.904. The lowest BCUT2D eigenvalue weighted by Crippen LogP contribution is -2.41. The summed E-state index contributed by atoms with van der Waals surface area (Å²) in [6.45, 7) is 4.24. The van der Waals surface area contributed by atoms with Crippen molar-refractivity contribution in [3.8, 4) is 0 Å². The lowest BCUT2D eigenvalue weighted by Gasteiger charge is -2.31. The molecule has 1 saturated carbocycles. The van der Waals surface area contributed by atoms with Crippen molar-refractivity contribution in [2.45, 2.75) is 50.7 Å². The minimum absolute atomic E-state index is 0.0295. The number of aryl methyl sites for hydroxylation is 1. The highest BCUT2D eigenvalue weighted by atomic mass is 32.2. The van der Waals surface area contributed by atoms with Crippen molar-refractivity contribution in [2.75, 3.05) is 7.05 Å². The van der Waals surface area contributed by atoms with Gasteiger partial charge in [-0.1, -0.05) is 6.42 Å². The van der Waals surface area contributed by atoms with Crippen LogP contribution in [0.1, 0.15) is 37.4 Å². The molecule has 0 aliphatic heterocycles. The van der Waals surface area contributed by atoms with Gasteiger partial charge in [-0.25, -0.2) is 13.1 Å². The van der Waals surface area contributed by atoms with Crippen molar-refractivity contribution < 1.29 is 8.42 Å². The molecule has 108 valence electrons. The number of rotatable bonds is 6. The molecular formula is C12H22N4O2S. The first-order chi connectivity index (χ1) is 8.95. The Morgan fingerprint density at radius 1 is 1.47 bits per heavy atom. The van der Waals surface area contributed by atoms with Crippen LogP contribution >= 0.6 is 0 Å². The Labute approximate surface area is 114 Å². The second kappa shape index (κ2) is 5.60. The number of sulfonamides is 1. The van der Waals surface area contributed by atoms with Gasteiger partial charge in [-0.05, 0) is 39.7 Å². The van der Waals surface area contributed by atoms with Crippen molar-refractivity contribution >= 4 is 10.0 Å². The zero-order valence-corrected chi connectivity index (χ0v) is 12.5. The molecule has 1 aromatic heterocycles. The van der Waals surface area contributed by atoms with E-state index < -0.39 is 10.0 Å². The van der Waals surface area contributed by atoms with E-state index in [1.54, 1.807) is 7.05 Å². The van der Waals surface area contributed by atoms with Crippen molar-refractivity contribution in [1.29, 1.82) is 0 Å². The van der Waals surface area contributed by atoms with Crippen LogP contribution in [0.5, 0.6) is 0 Å². The quantitative estimate of drug-likeness (QED) is 0.725. The molecule has 1 heterocycles. The molecule has 1 fully saturated rings. The number of nitrogens with one attached hydrogen (secondary N) is 3. The summed E-state index contributed by atoms with van der Waals surface area (Å²) in [6, 6.07) is -0.0295. The van der Waals surface area contributed by atoms with E-state index in [1.807, 2.05) is 13.8 Å². The molecular weight excluding hydrogens is 264 g/mol. The molecule has 19 heavy (non-hydrogen) atoms. The lowest BCUT2D eigenvalue weighted by atomic mass is 9.81. The van der Waals surface area contributed by atoms with E-state index in [4.69, 9.17) is 0 Å². The van der Waals surface area contributed by atoms with Crippen molar-refractivity contribution in [3.63, 3.8) is 0 Å². The first-order valence-electron chi connectivity index (χ1n) is 6.66. The average Bonchev–Trinajstić information content (AvgIpc) is 2.58. The standard InChI is InChI=1S/C12H22N4O2S/c1-8(10-5-4-6-10)16-19(17,18)12-11(7-13-3)9(2)14-15-12/h8,10,13,16H,4-7H2,1-3H3,(H,14,15). The molecule has 7 heteroatoms. The van der Waals surface area contributed by atoms with Crippen LogP contribution in [0.25, 0.3) is 0 Å². The van der Waals surface area contributed by atoms with Crippen LogP contribution in [0.4, 0.5) is 0 Å². The number of H-pyrrole nitrogens is 1. The van der Waals surface area contributed by atoms with Gasteiger partial charge in [0.15, 0.2) is 5.03 Å². The topological polar surface area (TPSA) is 86.9 Å². The fraction of sp³-hybridized carbons (Fsp3) is 0.750. The van der Waals surface area contributed by atoms with Gasteiger partial charge < -0.3 is 5.32 Å². The minimum Gasteiger partial charge on any atom is -0.316 e. The summed E-state index contributed by atoms with van der Waals surface area (Å²) in [5.41, 5.74) is 1.49. The molecule has 1 aliphatic carbocycles. The van der Waals surface area contributed by atoms with E-state index in [0.29, 0.717) is 18.0 Å². The Morgan fingerprint density at radius 2 is 2.16 bits per heavy atom. The van der Waals surface area contributed by atoms with Crippen LogP contribution in [0.3, 0.4) is 0 Å². The van der Waals surface area contributed by atoms with Crippen LogP contribution in [0.2, 0.25) is 0 Å². The second-order valence-electron chi connectivity index (χ2n) is 5.26. The van der Waals surface area contributed by atoms with E-state index >= 15 is 0 Å². The van der Waals surface area contributed by atoms with E-state index in [0.717, 1.165) is 18.5 Å². The first-order valence-corrected chi connectivity index (χ1v) is 8.14. The number of nitrogens with zero attached hydrogens (tertiary/aromatic N) is 1. The Kier molecular flexibility index (Phi) is 4.27. The Hall–Kier alpha value is -0.920. The fourth-order valence-corrected chi connectivity index (χ4v) is 3.88. The summed E-state index contributed by atoms with van der Waals surface area (Å²) >= 11 is 0. The third-order valence-electron chi connectivity index (χ3n) is 3.84. The lowest BCUT2D eigenvalue weighted by molar-refractivity contribution is 0.260. The van der Waals surface area contributed by atoms with Crippen LogP contribution in [0, 0.1) is 12.8 Å². The van der Waals surface area contributed by atoms with Gasteiger partial charge in [0, 0.05) is 23.8 Å². The normalized spacial score (nSPS) is 18.3. The third-order valence-corrected chi connectivity index (χ3v) is 5.37. The summed E-state index contributed by atoms with van der Waals surface area (Å²) in [4.78, 5) is 0. The van der Waals surface area contributed by atoms with E-state index in [2.05, 4.69) is 20.2 Å². The van der Waals surface area contributed by atoms with Gasteiger partial charge in [0.2, 0.25) is 0 Å². The van der Waals surface area contributed by atoms with Crippen molar-refractivity contribution in [3.05, 3.63) is 11.3 Å². The Balaban J connectivity index is 2.18. The van der Waals surface area contributed by atoms with Crippen molar-refractivity contribution in [2.24, 2.45) is 5.92 Å². The minimum atomic E-state index is -3.55. The zero-order chi connectivity index (χ0) is 14.0. The largest absolute Gasteiger partial charge is 0.316 e. The highest BCUT2D eigenvalue weighted by Crippen LogP contribution is 2.30. The molecule has 6 nitrogen and oxygen atoms in total. The average molecular weight is 286 g/mol. The van der Waals surface area contributed by atoms with Gasteiger partial charge in [0.25, 0.3) is 10.0 Å². The second-order valence-corrected chi connectivity index (χ2v) is 6.89. The van der Waals surface area contributed by atoms with Gasteiger partial charge in [-0.15, -0.1) is 0 Å². The highest BCUT2D eigenvalue weighted by Gasteiger charge is 2.30. The van der Waals surface area contributed by atoms with Crippen LogP contribution in [-0.4, -0.2) is 31.7 Å². The summed E-state index contributed by atoms with van der Waals surface area (Å²) in [7, 11) is -1.76. The maximum Gasteiger partial charge on any atom is 0.260 e. The molecule has 0 amide bonds. The van der Waals surface area contributed by atoms with E-state index in [9.17, 15) is 8.42 Å². The monoisotopic (exact) mass is 286 g/mol. The van der Waals surface area contributed by atoms with Crippen LogP contribution < -0.4 is 10.0 Å². The molecule has 0 radical (unpaired) electrons. The van der Waals surface area contributed by atoms with E-state index in [-0.39, 0.29) is 11.1 Å². The van der Waals surface area contributed by atoms with Crippen LogP contribution in [-0.2, 0) is 16.6 Å².